The van der Waals surface area contributed by atoms with Gasteiger partial charge >= 0.3 is 0 Å². The molecular formula is C14H19NO2. The fourth-order valence-corrected chi connectivity index (χ4v) is 2.51. The molecule has 0 unspecified atom stereocenters. The Morgan fingerprint density at radius 2 is 1.88 bits per heavy atom. The summed E-state index contributed by atoms with van der Waals surface area (Å²) in [5.41, 5.74) is 1.14. The number of rotatable bonds is 2. The van der Waals surface area contributed by atoms with Crippen LogP contribution in [0.2, 0.25) is 0 Å². The Balaban J connectivity index is 1.71. The van der Waals surface area contributed by atoms with E-state index in [4.69, 9.17) is 9.47 Å². The fourth-order valence-electron chi connectivity index (χ4n) is 2.51. The van der Waals surface area contributed by atoms with E-state index in [1.54, 1.807) is 0 Å². The summed E-state index contributed by atoms with van der Waals surface area (Å²) in [4.78, 5) is 0. The minimum absolute atomic E-state index is 0.634. The molecule has 1 saturated carbocycles. The van der Waals surface area contributed by atoms with E-state index in [9.17, 15) is 0 Å². The van der Waals surface area contributed by atoms with Crippen LogP contribution in [0.5, 0.6) is 11.5 Å². The van der Waals surface area contributed by atoms with E-state index in [-0.39, 0.29) is 0 Å². The van der Waals surface area contributed by atoms with Gasteiger partial charge in [-0.05, 0) is 30.9 Å². The SMILES string of the molecule is CC1CC(Nc2ccc3c(c2)OCCCO3)C1. The summed E-state index contributed by atoms with van der Waals surface area (Å²) in [6.45, 7) is 3.79. The van der Waals surface area contributed by atoms with Crippen LogP contribution in [-0.2, 0) is 0 Å². The molecule has 0 amide bonds. The molecule has 0 aromatic heterocycles. The molecule has 2 aliphatic rings. The standard InChI is InChI=1S/C14H19NO2/c1-10-7-12(8-10)15-11-3-4-13-14(9-11)17-6-2-5-16-13/h3-4,9-10,12,15H,2,5-8H2,1H3. The monoisotopic (exact) mass is 233 g/mol. The quantitative estimate of drug-likeness (QED) is 0.851. The van der Waals surface area contributed by atoms with Crippen LogP contribution >= 0.6 is 0 Å². The number of anilines is 1. The maximum atomic E-state index is 5.68. The van der Waals surface area contributed by atoms with E-state index in [0.29, 0.717) is 6.04 Å². The smallest absolute Gasteiger partial charge is 0.163 e. The lowest BCUT2D eigenvalue weighted by molar-refractivity contribution is 0.297. The maximum Gasteiger partial charge on any atom is 0.163 e. The van der Waals surface area contributed by atoms with Crippen molar-refractivity contribution in [1.29, 1.82) is 0 Å². The molecule has 0 spiro atoms. The van der Waals surface area contributed by atoms with Crippen LogP contribution in [0, 0.1) is 5.92 Å². The first-order valence-electron chi connectivity index (χ1n) is 6.47. The predicted octanol–water partition coefficient (Wildman–Crippen LogP) is 3.06. The third kappa shape index (κ3) is 2.33. The first kappa shape index (κ1) is 10.8. The molecule has 1 N–H and O–H groups in total. The van der Waals surface area contributed by atoms with Crippen molar-refractivity contribution in [2.75, 3.05) is 18.5 Å². The highest BCUT2D eigenvalue weighted by molar-refractivity contribution is 5.55. The molecule has 0 radical (unpaired) electrons. The zero-order chi connectivity index (χ0) is 11.7. The molecule has 3 heteroatoms. The van der Waals surface area contributed by atoms with E-state index in [0.717, 1.165) is 42.7 Å². The third-order valence-corrected chi connectivity index (χ3v) is 3.49. The van der Waals surface area contributed by atoms with Crippen LogP contribution in [0.3, 0.4) is 0 Å². The van der Waals surface area contributed by atoms with Gasteiger partial charge in [0, 0.05) is 24.2 Å². The summed E-state index contributed by atoms with van der Waals surface area (Å²) in [6.07, 6.45) is 3.50. The van der Waals surface area contributed by atoms with Crippen molar-refractivity contribution >= 4 is 5.69 Å². The summed E-state index contributed by atoms with van der Waals surface area (Å²) in [6, 6.07) is 6.78. The zero-order valence-electron chi connectivity index (χ0n) is 10.2. The molecule has 1 fully saturated rings. The van der Waals surface area contributed by atoms with Gasteiger partial charge in [0.25, 0.3) is 0 Å². The maximum absolute atomic E-state index is 5.68. The number of benzene rings is 1. The Morgan fingerprint density at radius 1 is 1.12 bits per heavy atom. The lowest BCUT2D eigenvalue weighted by Crippen LogP contribution is -2.33. The minimum atomic E-state index is 0.634. The van der Waals surface area contributed by atoms with Gasteiger partial charge in [-0.15, -0.1) is 0 Å². The highest BCUT2D eigenvalue weighted by Gasteiger charge is 2.25. The average Bonchev–Trinajstić information content (AvgIpc) is 2.51. The van der Waals surface area contributed by atoms with Gasteiger partial charge in [-0.25, -0.2) is 0 Å². The first-order valence-corrected chi connectivity index (χ1v) is 6.47. The van der Waals surface area contributed by atoms with Crippen LogP contribution in [0.4, 0.5) is 5.69 Å². The summed E-state index contributed by atoms with van der Waals surface area (Å²) in [5, 5.41) is 3.54. The predicted molar refractivity (Wildman–Crippen MR) is 67.9 cm³/mol. The summed E-state index contributed by atoms with van der Waals surface area (Å²) >= 11 is 0. The normalized spacial score (nSPS) is 26.9. The van der Waals surface area contributed by atoms with Gasteiger partial charge in [0.2, 0.25) is 0 Å². The second-order valence-electron chi connectivity index (χ2n) is 5.13. The molecule has 1 aromatic rings. The van der Waals surface area contributed by atoms with Gasteiger partial charge in [-0.3, -0.25) is 0 Å². The zero-order valence-corrected chi connectivity index (χ0v) is 10.2. The van der Waals surface area contributed by atoms with Gasteiger partial charge in [0.05, 0.1) is 13.2 Å². The first-order chi connectivity index (χ1) is 8.31. The Hall–Kier alpha value is -1.38. The van der Waals surface area contributed by atoms with E-state index in [1.165, 1.54) is 12.8 Å². The molecule has 0 bridgehead atoms. The van der Waals surface area contributed by atoms with E-state index in [1.807, 2.05) is 6.07 Å². The van der Waals surface area contributed by atoms with Crippen molar-refractivity contribution in [2.45, 2.75) is 32.2 Å². The van der Waals surface area contributed by atoms with Gasteiger partial charge in [-0.1, -0.05) is 6.92 Å². The second kappa shape index (κ2) is 4.47. The highest BCUT2D eigenvalue weighted by Crippen LogP contribution is 2.35. The van der Waals surface area contributed by atoms with Gasteiger partial charge in [0.15, 0.2) is 11.5 Å². The van der Waals surface area contributed by atoms with Crippen molar-refractivity contribution < 1.29 is 9.47 Å². The average molecular weight is 233 g/mol. The lowest BCUT2D eigenvalue weighted by atomic mass is 9.82. The van der Waals surface area contributed by atoms with Crippen LogP contribution in [0.1, 0.15) is 26.2 Å². The van der Waals surface area contributed by atoms with Crippen molar-refractivity contribution in [3.05, 3.63) is 18.2 Å². The second-order valence-corrected chi connectivity index (χ2v) is 5.13. The molecule has 1 aliphatic carbocycles. The number of nitrogens with one attached hydrogen (secondary N) is 1. The molecule has 1 aromatic carbocycles. The molecule has 3 nitrogen and oxygen atoms in total. The molecular weight excluding hydrogens is 214 g/mol. The molecule has 3 rings (SSSR count). The van der Waals surface area contributed by atoms with Gasteiger partial charge < -0.3 is 14.8 Å². The fraction of sp³-hybridized carbons (Fsp3) is 0.571. The Bertz CT molecular complexity index is 399. The Kier molecular flexibility index (Phi) is 2.83. The van der Waals surface area contributed by atoms with E-state index in [2.05, 4.69) is 24.4 Å². The summed E-state index contributed by atoms with van der Waals surface area (Å²) in [7, 11) is 0. The van der Waals surface area contributed by atoms with Crippen molar-refractivity contribution in [3.63, 3.8) is 0 Å². The third-order valence-electron chi connectivity index (χ3n) is 3.49. The highest BCUT2D eigenvalue weighted by atomic mass is 16.5. The van der Waals surface area contributed by atoms with Crippen LogP contribution in [0.25, 0.3) is 0 Å². The number of hydrogen-bond acceptors (Lipinski definition) is 3. The number of hydrogen-bond donors (Lipinski definition) is 1. The van der Waals surface area contributed by atoms with E-state index >= 15 is 0 Å². The van der Waals surface area contributed by atoms with Gasteiger partial charge in [-0.2, -0.15) is 0 Å². The van der Waals surface area contributed by atoms with Crippen LogP contribution in [-0.4, -0.2) is 19.3 Å². The van der Waals surface area contributed by atoms with Crippen molar-refractivity contribution in [1.82, 2.24) is 0 Å². The largest absolute Gasteiger partial charge is 0.490 e. The van der Waals surface area contributed by atoms with Crippen molar-refractivity contribution in [2.24, 2.45) is 5.92 Å². The molecule has 0 saturated heterocycles. The Morgan fingerprint density at radius 3 is 2.65 bits per heavy atom. The number of ether oxygens (including phenoxy) is 2. The molecule has 1 aliphatic heterocycles. The van der Waals surface area contributed by atoms with Crippen LogP contribution < -0.4 is 14.8 Å². The summed E-state index contributed by atoms with van der Waals surface area (Å²) in [5.74, 6) is 2.61. The van der Waals surface area contributed by atoms with E-state index < -0.39 is 0 Å². The summed E-state index contributed by atoms with van der Waals surface area (Å²) < 4.78 is 11.3. The van der Waals surface area contributed by atoms with Crippen LogP contribution in [0.15, 0.2) is 18.2 Å². The minimum Gasteiger partial charge on any atom is -0.490 e. The molecule has 92 valence electrons. The molecule has 17 heavy (non-hydrogen) atoms. The van der Waals surface area contributed by atoms with Crippen molar-refractivity contribution in [3.8, 4) is 11.5 Å². The lowest BCUT2D eigenvalue weighted by Gasteiger charge is -2.34. The molecule has 0 atom stereocenters. The number of fused-ring (bicyclic) bond motifs is 1. The van der Waals surface area contributed by atoms with Gasteiger partial charge in [0.1, 0.15) is 0 Å². The topological polar surface area (TPSA) is 30.5 Å². The molecule has 1 heterocycles. The Labute approximate surface area is 102 Å².